The molecule has 0 bridgehead atoms. The van der Waals surface area contributed by atoms with Gasteiger partial charge in [-0.3, -0.25) is 4.79 Å². The van der Waals surface area contributed by atoms with E-state index in [2.05, 4.69) is 10.3 Å². The van der Waals surface area contributed by atoms with Gasteiger partial charge in [-0.05, 0) is 30.7 Å². The number of nitrogen functional groups attached to an aromatic ring is 1. The van der Waals surface area contributed by atoms with Gasteiger partial charge in [0.15, 0.2) is 0 Å². The summed E-state index contributed by atoms with van der Waals surface area (Å²) in [5.74, 6) is -1.61. The highest BCUT2D eigenvalue weighted by atomic mass is 19.1. The molecule has 4 nitrogen and oxygen atoms in total. The van der Waals surface area contributed by atoms with Crippen LogP contribution in [-0.4, -0.2) is 10.9 Å². The molecular formula is C13H11F2N3O. The van der Waals surface area contributed by atoms with Crippen molar-refractivity contribution in [2.75, 3.05) is 11.1 Å². The molecular weight excluding hydrogens is 252 g/mol. The van der Waals surface area contributed by atoms with Crippen molar-refractivity contribution < 1.29 is 13.6 Å². The molecule has 2 rings (SSSR count). The van der Waals surface area contributed by atoms with Gasteiger partial charge >= 0.3 is 0 Å². The lowest BCUT2D eigenvalue weighted by atomic mass is 10.2. The van der Waals surface area contributed by atoms with Gasteiger partial charge in [0.2, 0.25) is 0 Å². The number of aryl methyl sites for hydroxylation is 1. The molecule has 0 spiro atoms. The van der Waals surface area contributed by atoms with Gasteiger partial charge in [0.1, 0.15) is 17.5 Å². The van der Waals surface area contributed by atoms with Gasteiger partial charge in [0.05, 0.1) is 11.3 Å². The molecule has 1 heterocycles. The molecule has 0 unspecified atom stereocenters. The van der Waals surface area contributed by atoms with Gasteiger partial charge in [-0.25, -0.2) is 13.8 Å². The number of rotatable bonds is 2. The Morgan fingerprint density at radius 1 is 1.26 bits per heavy atom. The second-order valence-electron chi connectivity index (χ2n) is 4.01. The Balaban J connectivity index is 2.24. The maximum Gasteiger partial charge on any atom is 0.257 e. The van der Waals surface area contributed by atoms with Crippen molar-refractivity contribution in [3.8, 4) is 0 Å². The third-order valence-electron chi connectivity index (χ3n) is 2.55. The normalized spacial score (nSPS) is 10.3. The van der Waals surface area contributed by atoms with E-state index in [0.29, 0.717) is 0 Å². The number of hydrogen-bond acceptors (Lipinski definition) is 3. The Morgan fingerprint density at radius 2 is 2.00 bits per heavy atom. The molecule has 0 aliphatic carbocycles. The summed E-state index contributed by atoms with van der Waals surface area (Å²) in [5, 5.41) is 2.28. The van der Waals surface area contributed by atoms with Crippen LogP contribution in [0.25, 0.3) is 0 Å². The van der Waals surface area contributed by atoms with Crippen molar-refractivity contribution in [2.45, 2.75) is 6.92 Å². The van der Waals surface area contributed by atoms with Crippen molar-refractivity contribution in [1.82, 2.24) is 4.98 Å². The summed E-state index contributed by atoms with van der Waals surface area (Å²) in [7, 11) is 0. The zero-order valence-corrected chi connectivity index (χ0v) is 10.1. The van der Waals surface area contributed by atoms with E-state index in [1.807, 2.05) is 0 Å². The van der Waals surface area contributed by atoms with Crippen LogP contribution in [0, 0.1) is 18.6 Å². The first-order valence-corrected chi connectivity index (χ1v) is 5.46. The molecule has 0 fully saturated rings. The van der Waals surface area contributed by atoms with Crippen molar-refractivity contribution in [3.05, 3.63) is 53.2 Å². The molecule has 0 saturated carbocycles. The number of benzene rings is 1. The summed E-state index contributed by atoms with van der Waals surface area (Å²) in [4.78, 5) is 15.5. The molecule has 2 aromatic rings. The molecule has 0 radical (unpaired) electrons. The summed E-state index contributed by atoms with van der Waals surface area (Å²) in [6, 6.07) is 4.85. The lowest BCUT2D eigenvalue weighted by Crippen LogP contribution is -2.14. The summed E-state index contributed by atoms with van der Waals surface area (Å²) in [6.45, 7) is 1.44. The van der Waals surface area contributed by atoms with Crippen molar-refractivity contribution in [2.24, 2.45) is 0 Å². The molecule has 0 aliphatic heterocycles. The summed E-state index contributed by atoms with van der Waals surface area (Å²) in [6.07, 6.45) is 1.26. The molecule has 1 aromatic carbocycles. The Bertz CT molecular complexity index is 627. The van der Waals surface area contributed by atoms with Gasteiger partial charge < -0.3 is 11.1 Å². The number of amides is 1. The maximum absolute atomic E-state index is 13.6. The second kappa shape index (κ2) is 5.01. The SMILES string of the molecule is Cc1cc(F)c(NC(=O)c2ccc(N)nc2)cc1F. The molecule has 0 atom stereocenters. The predicted molar refractivity (Wildman–Crippen MR) is 67.7 cm³/mol. The van der Waals surface area contributed by atoms with Crippen LogP contribution in [0.4, 0.5) is 20.3 Å². The fourth-order valence-corrected chi connectivity index (χ4v) is 1.48. The smallest absolute Gasteiger partial charge is 0.257 e. The topological polar surface area (TPSA) is 68.0 Å². The first kappa shape index (κ1) is 12.9. The van der Waals surface area contributed by atoms with E-state index in [1.54, 1.807) is 0 Å². The van der Waals surface area contributed by atoms with Crippen LogP contribution in [0.1, 0.15) is 15.9 Å². The largest absolute Gasteiger partial charge is 0.384 e. The number of nitrogens with two attached hydrogens (primary N) is 1. The van der Waals surface area contributed by atoms with E-state index >= 15 is 0 Å². The Kier molecular flexibility index (Phi) is 3.41. The number of hydrogen-bond donors (Lipinski definition) is 2. The quantitative estimate of drug-likeness (QED) is 0.874. The third kappa shape index (κ3) is 2.85. The Hall–Kier alpha value is -2.50. The summed E-state index contributed by atoms with van der Waals surface area (Å²) in [5.41, 5.74) is 5.54. The standard InChI is InChI=1S/C13H11F2N3O/c1-7-4-10(15)11(5-9(7)14)18-13(19)8-2-3-12(16)17-6-8/h2-6H,1H3,(H2,16,17)(H,18,19). The van der Waals surface area contributed by atoms with E-state index in [-0.39, 0.29) is 22.6 Å². The minimum atomic E-state index is -0.698. The number of halogens is 2. The van der Waals surface area contributed by atoms with Crippen molar-refractivity contribution in [1.29, 1.82) is 0 Å². The van der Waals surface area contributed by atoms with Crippen molar-refractivity contribution >= 4 is 17.4 Å². The first-order valence-electron chi connectivity index (χ1n) is 5.46. The highest BCUT2D eigenvalue weighted by Crippen LogP contribution is 2.19. The number of nitrogens with zero attached hydrogens (tertiary/aromatic N) is 1. The summed E-state index contributed by atoms with van der Waals surface area (Å²) >= 11 is 0. The molecule has 1 aromatic heterocycles. The van der Waals surface area contributed by atoms with Crippen molar-refractivity contribution in [3.63, 3.8) is 0 Å². The van der Waals surface area contributed by atoms with Crippen LogP contribution >= 0.6 is 0 Å². The highest BCUT2D eigenvalue weighted by Gasteiger charge is 2.12. The molecule has 0 saturated heterocycles. The summed E-state index contributed by atoms with van der Waals surface area (Å²) < 4.78 is 26.9. The van der Waals surface area contributed by atoms with Crippen LogP contribution < -0.4 is 11.1 Å². The molecule has 19 heavy (non-hydrogen) atoms. The van der Waals surface area contributed by atoms with E-state index in [9.17, 15) is 13.6 Å². The van der Waals surface area contributed by atoms with Gasteiger partial charge in [0.25, 0.3) is 5.91 Å². The number of aromatic nitrogens is 1. The number of pyridine rings is 1. The van der Waals surface area contributed by atoms with E-state index in [0.717, 1.165) is 12.1 Å². The van der Waals surface area contributed by atoms with E-state index < -0.39 is 17.5 Å². The van der Waals surface area contributed by atoms with Gasteiger partial charge in [0, 0.05) is 12.3 Å². The molecule has 3 N–H and O–H groups in total. The Morgan fingerprint density at radius 3 is 2.63 bits per heavy atom. The van der Waals surface area contributed by atoms with Gasteiger partial charge in [-0.1, -0.05) is 0 Å². The van der Waals surface area contributed by atoms with E-state index in [4.69, 9.17) is 5.73 Å². The van der Waals surface area contributed by atoms with E-state index in [1.165, 1.54) is 25.3 Å². The van der Waals surface area contributed by atoms with Crippen LogP contribution in [0.2, 0.25) is 0 Å². The average Bonchev–Trinajstić information content (AvgIpc) is 2.36. The zero-order chi connectivity index (χ0) is 14.0. The molecule has 98 valence electrons. The zero-order valence-electron chi connectivity index (χ0n) is 10.1. The number of anilines is 2. The van der Waals surface area contributed by atoms with Crippen LogP contribution in [0.15, 0.2) is 30.5 Å². The molecule has 1 amide bonds. The monoisotopic (exact) mass is 263 g/mol. The lowest BCUT2D eigenvalue weighted by Gasteiger charge is -2.08. The third-order valence-corrected chi connectivity index (χ3v) is 2.55. The predicted octanol–water partition coefficient (Wildman–Crippen LogP) is 2.50. The minimum absolute atomic E-state index is 0.171. The molecule has 0 aliphatic rings. The fourth-order valence-electron chi connectivity index (χ4n) is 1.48. The minimum Gasteiger partial charge on any atom is -0.384 e. The number of carbonyl (C=O) groups excluding carboxylic acids is 1. The maximum atomic E-state index is 13.6. The molecule has 6 heteroatoms. The number of carbonyl (C=O) groups is 1. The van der Waals surface area contributed by atoms with Gasteiger partial charge in [-0.2, -0.15) is 0 Å². The van der Waals surface area contributed by atoms with Crippen LogP contribution in [-0.2, 0) is 0 Å². The average molecular weight is 263 g/mol. The number of nitrogens with one attached hydrogen (secondary N) is 1. The van der Waals surface area contributed by atoms with Crippen LogP contribution in [0.3, 0.4) is 0 Å². The van der Waals surface area contributed by atoms with Crippen LogP contribution in [0.5, 0.6) is 0 Å². The second-order valence-corrected chi connectivity index (χ2v) is 4.01. The lowest BCUT2D eigenvalue weighted by molar-refractivity contribution is 0.102. The Labute approximate surface area is 108 Å². The highest BCUT2D eigenvalue weighted by molar-refractivity contribution is 6.04. The first-order chi connectivity index (χ1) is 8.97. The fraction of sp³-hybridized carbons (Fsp3) is 0.0769. The van der Waals surface area contributed by atoms with Gasteiger partial charge in [-0.15, -0.1) is 0 Å².